The van der Waals surface area contributed by atoms with Crippen LogP contribution in [0.15, 0.2) is 0 Å². The van der Waals surface area contributed by atoms with E-state index in [9.17, 15) is 4.79 Å². The van der Waals surface area contributed by atoms with Crippen molar-refractivity contribution in [2.45, 2.75) is 110 Å². The molecule has 0 saturated heterocycles. The molecule has 0 aromatic rings. The van der Waals surface area contributed by atoms with Crippen LogP contribution in [0, 0.1) is 35.5 Å². The largest absolute Gasteiger partial charge is 0.462 e. The van der Waals surface area contributed by atoms with Gasteiger partial charge in [-0.1, -0.05) is 40.0 Å². The fraction of sp³-hybridized carbons (Fsp3) is 0.958. The molecule has 2 nitrogen and oxygen atoms in total. The Kier molecular flexibility index (Phi) is 7.46. The molecule has 0 aromatic carbocycles. The molecule has 26 heavy (non-hydrogen) atoms. The van der Waals surface area contributed by atoms with E-state index in [1.807, 2.05) is 0 Å². The second kappa shape index (κ2) is 9.60. The van der Waals surface area contributed by atoms with E-state index in [1.165, 1.54) is 57.8 Å². The van der Waals surface area contributed by atoms with E-state index >= 15 is 0 Å². The Labute approximate surface area is 161 Å². The minimum Gasteiger partial charge on any atom is -0.462 e. The molecule has 3 saturated carbocycles. The number of rotatable bonds is 5. The lowest BCUT2D eigenvalue weighted by Gasteiger charge is -2.41. The summed E-state index contributed by atoms with van der Waals surface area (Å²) in [6.07, 6.45) is 16.5. The van der Waals surface area contributed by atoms with Crippen LogP contribution in [0.1, 0.15) is 104 Å². The lowest BCUT2D eigenvalue weighted by atomic mass is 9.64. The van der Waals surface area contributed by atoms with E-state index in [-0.39, 0.29) is 18.0 Å². The predicted molar refractivity (Wildman–Crippen MR) is 108 cm³/mol. The van der Waals surface area contributed by atoms with Crippen molar-refractivity contribution in [1.82, 2.24) is 0 Å². The summed E-state index contributed by atoms with van der Waals surface area (Å²) in [5, 5.41) is 0. The zero-order valence-corrected chi connectivity index (χ0v) is 17.6. The van der Waals surface area contributed by atoms with Crippen LogP contribution >= 0.6 is 0 Å². The number of esters is 1. The summed E-state index contributed by atoms with van der Waals surface area (Å²) in [5.74, 6) is 4.83. The van der Waals surface area contributed by atoms with E-state index in [2.05, 4.69) is 20.8 Å². The van der Waals surface area contributed by atoms with Gasteiger partial charge in [0.15, 0.2) is 0 Å². The molecule has 0 heterocycles. The zero-order chi connectivity index (χ0) is 18.5. The third kappa shape index (κ3) is 5.04. The fourth-order valence-electron chi connectivity index (χ4n) is 6.30. The highest BCUT2D eigenvalue weighted by atomic mass is 16.5. The quantitative estimate of drug-likeness (QED) is 0.505. The summed E-state index contributed by atoms with van der Waals surface area (Å²) < 4.78 is 5.92. The van der Waals surface area contributed by atoms with Gasteiger partial charge in [0.1, 0.15) is 6.10 Å². The molecule has 3 fully saturated rings. The van der Waals surface area contributed by atoms with Gasteiger partial charge in [-0.15, -0.1) is 0 Å². The van der Waals surface area contributed by atoms with Gasteiger partial charge < -0.3 is 4.74 Å². The molecule has 0 spiro atoms. The summed E-state index contributed by atoms with van der Waals surface area (Å²) in [6.45, 7) is 7.12. The first-order valence-corrected chi connectivity index (χ1v) is 11.8. The number of ether oxygens (including phenoxy) is 1. The Morgan fingerprint density at radius 1 is 0.808 bits per heavy atom. The molecule has 3 rings (SSSR count). The van der Waals surface area contributed by atoms with Crippen LogP contribution in [0.5, 0.6) is 0 Å². The maximum absolute atomic E-state index is 12.6. The summed E-state index contributed by atoms with van der Waals surface area (Å²) in [4.78, 5) is 12.6. The summed E-state index contributed by atoms with van der Waals surface area (Å²) in [5.41, 5.74) is 0. The van der Waals surface area contributed by atoms with E-state index < -0.39 is 0 Å². The molecule has 2 heteroatoms. The zero-order valence-electron chi connectivity index (χ0n) is 17.6. The van der Waals surface area contributed by atoms with Crippen molar-refractivity contribution in [1.29, 1.82) is 0 Å². The molecule has 0 N–H and O–H groups in total. The molecular weight excluding hydrogens is 320 g/mol. The van der Waals surface area contributed by atoms with Crippen molar-refractivity contribution >= 4 is 5.97 Å². The lowest BCUT2D eigenvalue weighted by Crippen LogP contribution is -2.34. The average molecular weight is 363 g/mol. The Bertz CT molecular complexity index is 429. The van der Waals surface area contributed by atoms with Gasteiger partial charge in [0.2, 0.25) is 0 Å². The van der Waals surface area contributed by atoms with Crippen LogP contribution < -0.4 is 0 Å². The summed E-state index contributed by atoms with van der Waals surface area (Å²) in [6, 6.07) is 0. The van der Waals surface area contributed by atoms with Crippen molar-refractivity contribution in [2.24, 2.45) is 35.5 Å². The smallest absolute Gasteiger partial charge is 0.309 e. The van der Waals surface area contributed by atoms with Crippen molar-refractivity contribution in [3.8, 4) is 0 Å². The topological polar surface area (TPSA) is 26.3 Å². The highest BCUT2D eigenvalue weighted by Crippen LogP contribution is 2.45. The Hall–Kier alpha value is -0.530. The first-order valence-electron chi connectivity index (χ1n) is 11.8. The van der Waals surface area contributed by atoms with Crippen molar-refractivity contribution in [2.75, 3.05) is 0 Å². The van der Waals surface area contributed by atoms with Gasteiger partial charge in [0.25, 0.3) is 0 Å². The molecule has 3 unspecified atom stereocenters. The van der Waals surface area contributed by atoms with Gasteiger partial charge in [-0.05, 0) is 93.8 Å². The average Bonchev–Trinajstić information content (AvgIpc) is 2.68. The maximum Gasteiger partial charge on any atom is 0.309 e. The van der Waals surface area contributed by atoms with E-state index in [4.69, 9.17) is 4.74 Å². The lowest BCUT2D eigenvalue weighted by molar-refractivity contribution is -0.157. The Morgan fingerprint density at radius 3 is 2.00 bits per heavy atom. The predicted octanol–water partition coefficient (Wildman–Crippen LogP) is 6.77. The summed E-state index contributed by atoms with van der Waals surface area (Å²) >= 11 is 0. The molecule has 3 atom stereocenters. The van der Waals surface area contributed by atoms with Crippen molar-refractivity contribution in [3.05, 3.63) is 0 Å². The minimum absolute atomic E-state index is 0.131. The Morgan fingerprint density at radius 2 is 1.42 bits per heavy atom. The fourth-order valence-corrected chi connectivity index (χ4v) is 6.30. The molecule has 0 aromatic heterocycles. The molecule has 150 valence electrons. The molecule has 0 radical (unpaired) electrons. The second-order valence-corrected chi connectivity index (χ2v) is 9.83. The van der Waals surface area contributed by atoms with E-state index in [0.717, 1.165) is 55.3 Å². The van der Waals surface area contributed by atoms with Crippen molar-refractivity contribution < 1.29 is 9.53 Å². The molecule has 0 amide bonds. The number of hydrogen-bond acceptors (Lipinski definition) is 2. The minimum atomic E-state index is 0.131. The van der Waals surface area contributed by atoms with Gasteiger partial charge in [0.05, 0.1) is 5.92 Å². The molecule has 3 aliphatic carbocycles. The van der Waals surface area contributed by atoms with Crippen LogP contribution in [0.4, 0.5) is 0 Å². The number of carbonyl (C=O) groups excluding carboxylic acids is 1. The normalized spacial score (nSPS) is 41.6. The first kappa shape index (κ1) is 20.2. The third-order valence-electron chi connectivity index (χ3n) is 8.29. The molecule has 0 aliphatic heterocycles. The summed E-state index contributed by atoms with van der Waals surface area (Å²) in [7, 11) is 0. The second-order valence-electron chi connectivity index (χ2n) is 9.83. The third-order valence-corrected chi connectivity index (χ3v) is 8.29. The highest BCUT2D eigenvalue weighted by molar-refractivity contribution is 5.72. The highest BCUT2D eigenvalue weighted by Gasteiger charge is 2.37. The van der Waals surface area contributed by atoms with E-state index in [1.54, 1.807) is 0 Å². The van der Waals surface area contributed by atoms with Crippen LogP contribution in [0.3, 0.4) is 0 Å². The molecule has 0 bridgehead atoms. The van der Waals surface area contributed by atoms with Gasteiger partial charge in [-0.2, -0.15) is 0 Å². The first-order chi connectivity index (χ1) is 12.6. The van der Waals surface area contributed by atoms with Crippen LogP contribution in [0.2, 0.25) is 0 Å². The van der Waals surface area contributed by atoms with Crippen molar-refractivity contribution in [3.63, 3.8) is 0 Å². The van der Waals surface area contributed by atoms with Crippen LogP contribution in [-0.2, 0) is 9.53 Å². The van der Waals surface area contributed by atoms with E-state index in [0.29, 0.717) is 0 Å². The standard InChI is InChI=1S/C24H42O2/c1-4-18-6-13-22(14-7-18)26-24(25)21-11-9-20(10-12-21)23-15-8-19(5-2)16-17(23)3/h17-23H,4-16H2,1-3H3/t17?,18-,19?,20-,21-,22-,23?. The van der Waals surface area contributed by atoms with Crippen LogP contribution in [0.25, 0.3) is 0 Å². The van der Waals surface area contributed by atoms with Gasteiger partial charge in [-0.25, -0.2) is 0 Å². The number of carbonyl (C=O) groups is 1. The van der Waals surface area contributed by atoms with Gasteiger partial charge in [0, 0.05) is 0 Å². The van der Waals surface area contributed by atoms with Gasteiger partial charge in [-0.3, -0.25) is 4.79 Å². The number of hydrogen-bond donors (Lipinski definition) is 0. The van der Waals surface area contributed by atoms with Gasteiger partial charge >= 0.3 is 5.97 Å². The SMILES string of the molecule is CCC1CCC([C@H]2CC[C@H](C(=O)O[C@H]3CC[C@H](CC)CC3)CC2)C(C)C1. The van der Waals surface area contributed by atoms with Crippen LogP contribution in [-0.4, -0.2) is 12.1 Å². The molecule has 3 aliphatic rings. The molecular formula is C24H42O2. The maximum atomic E-state index is 12.6. The Balaban J connectivity index is 1.40. The monoisotopic (exact) mass is 362 g/mol.